The zero-order valence-corrected chi connectivity index (χ0v) is 9.28. The lowest BCUT2D eigenvalue weighted by Gasteiger charge is -1.93. The maximum atomic E-state index is 11.3. The van der Waals surface area contributed by atoms with E-state index >= 15 is 0 Å². The van der Waals surface area contributed by atoms with Crippen LogP contribution in [0.3, 0.4) is 0 Å². The standard InChI is InChI=1S/C9H9N3O3S/c1-2-14-9(13)7-11-8(15-12-7)5-3-4-6(10)16-5/h3-4H,2,10H2,1H3. The van der Waals surface area contributed by atoms with Gasteiger partial charge in [0.15, 0.2) is 0 Å². The quantitative estimate of drug-likeness (QED) is 0.817. The van der Waals surface area contributed by atoms with Crippen molar-refractivity contribution in [3.63, 3.8) is 0 Å². The number of rotatable bonds is 3. The van der Waals surface area contributed by atoms with E-state index in [2.05, 4.69) is 10.1 Å². The molecule has 0 aromatic carbocycles. The summed E-state index contributed by atoms with van der Waals surface area (Å²) in [5.74, 6) is -0.407. The molecule has 0 saturated heterocycles. The van der Waals surface area contributed by atoms with Gasteiger partial charge < -0.3 is 15.0 Å². The Kier molecular flexibility index (Phi) is 2.86. The first kappa shape index (κ1) is 10.6. The molecule has 0 bridgehead atoms. The average molecular weight is 239 g/mol. The lowest BCUT2D eigenvalue weighted by molar-refractivity contribution is 0.0508. The van der Waals surface area contributed by atoms with Crippen molar-refractivity contribution in [2.24, 2.45) is 0 Å². The number of ether oxygens (including phenoxy) is 1. The molecule has 0 saturated carbocycles. The van der Waals surface area contributed by atoms with Crippen LogP contribution in [0.2, 0.25) is 0 Å². The molecule has 0 aliphatic rings. The number of hydrogen-bond acceptors (Lipinski definition) is 7. The topological polar surface area (TPSA) is 91.2 Å². The number of nitrogens with zero attached hydrogens (tertiary/aromatic N) is 2. The van der Waals surface area contributed by atoms with Crippen molar-refractivity contribution in [3.05, 3.63) is 18.0 Å². The molecule has 0 fully saturated rings. The number of hydrogen-bond donors (Lipinski definition) is 1. The second-order valence-electron chi connectivity index (χ2n) is 2.85. The molecule has 2 heterocycles. The summed E-state index contributed by atoms with van der Waals surface area (Å²) in [5.41, 5.74) is 5.57. The molecule has 0 amide bonds. The van der Waals surface area contributed by atoms with Crippen molar-refractivity contribution in [2.75, 3.05) is 12.3 Å². The van der Waals surface area contributed by atoms with E-state index in [1.807, 2.05) is 0 Å². The molecule has 16 heavy (non-hydrogen) atoms. The Morgan fingerprint density at radius 2 is 2.44 bits per heavy atom. The molecule has 0 aliphatic carbocycles. The Morgan fingerprint density at radius 3 is 3.06 bits per heavy atom. The number of nitrogen functional groups attached to an aromatic ring is 1. The highest BCUT2D eigenvalue weighted by Gasteiger charge is 2.17. The van der Waals surface area contributed by atoms with E-state index in [1.165, 1.54) is 11.3 Å². The van der Waals surface area contributed by atoms with Gasteiger partial charge in [0.25, 0.3) is 11.7 Å². The highest BCUT2D eigenvalue weighted by molar-refractivity contribution is 7.19. The fourth-order valence-electron chi connectivity index (χ4n) is 1.07. The average Bonchev–Trinajstić information content (AvgIpc) is 2.85. The molecule has 2 N–H and O–H groups in total. The highest BCUT2D eigenvalue weighted by atomic mass is 32.1. The van der Waals surface area contributed by atoms with Crippen molar-refractivity contribution in [1.29, 1.82) is 0 Å². The van der Waals surface area contributed by atoms with Crippen LogP contribution in [0.5, 0.6) is 0 Å². The van der Waals surface area contributed by atoms with Crippen LogP contribution in [0.25, 0.3) is 10.8 Å². The molecule has 6 nitrogen and oxygen atoms in total. The fraction of sp³-hybridized carbons (Fsp3) is 0.222. The third-order valence-corrected chi connectivity index (χ3v) is 2.62. The first-order valence-electron chi connectivity index (χ1n) is 4.57. The van der Waals surface area contributed by atoms with E-state index in [-0.39, 0.29) is 18.3 Å². The summed E-state index contributed by atoms with van der Waals surface area (Å²) in [5, 5.41) is 4.17. The van der Waals surface area contributed by atoms with E-state index in [4.69, 9.17) is 15.0 Å². The normalized spacial score (nSPS) is 10.3. The number of carbonyl (C=O) groups excluding carboxylic acids is 1. The predicted molar refractivity (Wildman–Crippen MR) is 58.0 cm³/mol. The third-order valence-electron chi connectivity index (χ3n) is 1.72. The third kappa shape index (κ3) is 2.03. The first-order valence-corrected chi connectivity index (χ1v) is 5.39. The number of esters is 1. The minimum absolute atomic E-state index is 0.0798. The van der Waals surface area contributed by atoms with Crippen LogP contribution in [-0.4, -0.2) is 22.7 Å². The largest absolute Gasteiger partial charge is 0.460 e. The van der Waals surface area contributed by atoms with Crippen molar-refractivity contribution in [2.45, 2.75) is 6.92 Å². The second kappa shape index (κ2) is 4.31. The zero-order chi connectivity index (χ0) is 11.5. The van der Waals surface area contributed by atoms with Gasteiger partial charge in [-0.2, -0.15) is 4.98 Å². The van der Waals surface area contributed by atoms with Crippen LogP contribution in [0.1, 0.15) is 17.5 Å². The SMILES string of the molecule is CCOC(=O)c1noc(-c2ccc(N)s2)n1. The summed E-state index contributed by atoms with van der Waals surface area (Å²) >= 11 is 1.31. The van der Waals surface area contributed by atoms with E-state index in [0.29, 0.717) is 5.00 Å². The lowest BCUT2D eigenvalue weighted by atomic mass is 10.4. The Labute approximate surface area is 95.0 Å². The van der Waals surface area contributed by atoms with Crippen LogP contribution in [0.15, 0.2) is 16.7 Å². The maximum absolute atomic E-state index is 11.3. The van der Waals surface area contributed by atoms with Crippen molar-refractivity contribution < 1.29 is 14.1 Å². The number of anilines is 1. The molecule has 0 unspecified atom stereocenters. The molecule has 84 valence electrons. The smallest absolute Gasteiger partial charge is 0.379 e. The number of nitrogens with two attached hydrogens (primary N) is 1. The minimum Gasteiger partial charge on any atom is -0.460 e. The summed E-state index contributed by atoms with van der Waals surface area (Å²) < 4.78 is 9.66. The Hall–Kier alpha value is -1.89. The van der Waals surface area contributed by atoms with Gasteiger partial charge in [-0.1, -0.05) is 0 Å². The van der Waals surface area contributed by atoms with E-state index in [9.17, 15) is 4.79 Å². The summed E-state index contributed by atoms with van der Waals surface area (Å²) in [6.07, 6.45) is 0. The molecule has 0 aliphatic heterocycles. The van der Waals surface area contributed by atoms with Crippen LogP contribution in [0, 0.1) is 0 Å². The van der Waals surface area contributed by atoms with Crippen molar-refractivity contribution in [3.8, 4) is 10.8 Å². The van der Waals surface area contributed by atoms with E-state index < -0.39 is 5.97 Å². The minimum atomic E-state index is -0.595. The van der Waals surface area contributed by atoms with Crippen LogP contribution in [0.4, 0.5) is 5.00 Å². The Balaban J connectivity index is 2.22. The van der Waals surface area contributed by atoms with Gasteiger partial charge >= 0.3 is 5.97 Å². The van der Waals surface area contributed by atoms with Gasteiger partial charge in [0, 0.05) is 0 Å². The summed E-state index contributed by atoms with van der Waals surface area (Å²) in [6.45, 7) is 1.98. The first-order chi connectivity index (χ1) is 7.70. The molecule has 0 atom stereocenters. The maximum Gasteiger partial charge on any atom is 0.379 e. The lowest BCUT2D eigenvalue weighted by Crippen LogP contribution is -2.06. The summed E-state index contributed by atoms with van der Waals surface area (Å²) in [6, 6.07) is 3.48. The molecular weight excluding hydrogens is 230 g/mol. The molecule has 2 rings (SSSR count). The Bertz CT molecular complexity index is 506. The van der Waals surface area contributed by atoms with Crippen LogP contribution < -0.4 is 5.73 Å². The summed E-state index contributed by atoms with van der Waals surface area (Å²) in [7, 11) is 0. The zero-order valence-electron chi connectivity index (χ0n) is 8.47. The van der Waals surface area contributed by atoms with Gasteiger partial charge in [-0.15, -0.1) is 11.3 Å². The fourth-order valence-corrected chi connectivity index (χ4v) is 1.77. The van der Waals surface area contributed by atoms with Crippen LogP contribution >= 0.6 is 11.3 Å². The molecular formula is C9H9N3O3S. The van der Waals surface area contributed by atoms with Crippen molar-refractivity contribution in [1.82, 2.24) is 10.1 Å². The monoisotopic (exact) mass is 239 g/mol. The number of carbonyl (C=O) groups is 1. The number of thiophene rings is 1. The molecule has 2 aromatic heterocycles. The van der Waals surface area contributed by atoms with Gasteiger partial charge in [-0.3, -0.25) is 0 Å². The predicted octanol–water partition coefficient (Wildman–Crippen LogP) is 1.56. The molecule has 0 radical (unpaired) electrons. The van der Waals surface area contributed by atoms with Crippen molar-refractivity contribution >= 4 is 22.3 Å². The summed E-state index contributed by atoms with van der Waals surface area (Å²) in [4.78, 5) is 15.9. The molecule has 2 aromatic rings. The Morgan fingerprint density at radius 1 is 1.62 bits per heavy atom. The van der Waals surface area contributed by atoms with Crippen LogP contribution in [-0.2, 0) is 4.74 Å². The van der Waals surface area contributed by atoms with E-state index in [1.54, 1.807) is 19.1 Å². The van der Waals surface area contributed by atoms with Gasteiger partial charge in [-0.25, -0.2) is 4.79 Å². The molecule has 7 heteroatoms. The van der Waals surface area contributed by atoms with E-state index in [0.717, 1.165) is 4.88 Å². The van der Waals surface area contributed by atoms with Gasteiger partial charge in [0.05, 0.1) is 16.5 Å². The van der Waals surface area contributed by atoms with Gasteiger partial charge in [-0.05, 0) is 24.2 Å². The van der Waals surface area contributed by atoms with Gasteiger partial charge in [0.2, 0.25) is 0 Å². The highest BCUT2D eigenvalue weighted by Crippen LogP contribution is 2.27. The number of aromatic nitrogens is 2. The van der Waals surface area contributed by atoms with Gasteiger partial charge in [0.1, 0.15) is 0 Å². The second-order valence-corrected chi connectivity index (χ2v) is 3.96. The molecule has 0 spiro atoms.